The van der Waals surface area contributed by atoms with Gasteiger partial charge in [0.25, 0.3) is 0 Å². The highest BCUT2D eigenvalue weighted by Crippen LogP contribution is 2.23. The lowest BCUT2D eigenvalue weighted by atomic mass is 10.1. The minimum Gasteiger partial charge on any atom is -0.296 e. The summed E-state index contributed by atoms with van der Waals surface area (Å²) in [6.07, 6.45) is 0. The number of piperazine rings is 1. The SMILES string of the molecule is Cc1ccccc1CN1CCN(S(=O)(=O)c2ccc3ccccc3c2)CC1. The maximum absolute atomic E-state index is 13.1. The zero-order valence-electron chi connectivity index (χ0n) is 15.5. The van der Waals surface area contributed by atoms with Crippen LogP contribution in [0.1, 0.15) is 11.1 Å². The maximum Gasteiger partial charge on any atom is 0.243 e. The van der Waals surface area contributed by atoms with Crippen molar-refractivity contribution in [3.63, 3.8) is 0 Å². The van der Waals surface area contributed by atoms with Gasteiger partial charge in [-0.15, -0.1) is 0 Å². The van der Waals surface area contributed by atoms with Gasteiger partial charge in [0.15, 0.2) is 0 Å². The Bertz CT molecular complexity index is 1050. The summed E-state index contributed by atoms with van der Waals surface area (Å²) in [5, 5.41) is 2.01. The second-order valence-electron chi connectivity index (χ2n) is 7.12. The van der Waals surface area contributed by atoms with Crippen molar-refractivity contribution < 1.29 is 8.42 Å². The van der Waals surface area contributed by atoms with Gasteiger partial charge in [-0.25, -0.2) is 8.42 Å². The molecular weight excluding hydrogens is 356 g/mol. The number of nitrogens with zero attached hydrogens (tertiary/aromatic N) is 2. The Hall–Kier alpha value is -2.21. The average Bonchev–Trinajstić information content (AvgIpc) is 2.70. The Balaban J connectivity index is 1.47. The first-order chi connectivity index (χ1) is 13.0. The van der Waals surface area contributed by atoms with Crippen molar-refractivity contribution >= 4 is 20.8 Å². The van der Waals surface area contributed by atoms with Crippen LogP contribution in [-0.4, -0.2) is 43.8 Å². The third-order valence-electron chi connectivity index (χ3n) is 5.35. The molecule has 27 heavy (non-hydrogen) atoms. The largest absolute Gasteiger partial charge is 0.296 e. The molecule has 3 aromatic rings. The zero-order chi connectivity index (χ0) is 18.9. The third kappa shape index (κ3) is 3.76. The molecule has 1 saturated heterocycles. The summed E-state index contributed by atoms with van der Waals surface area (Å²) >= 11 is 0. The first kappa shape index (κ1) is 18.2. The molecule has 1 aliphatic rings. The molecule has 1 aliphatic heterocycles. The van der Waals surface area contributed by atoms with Crippen LogP contribution in [0.3, 0.4) is 0 Å². The standard InChI is InChI=1S/C22H24N2O2S/c1-18-6-2-3-9-21(18)17-23-12-14-24(15-13-23)27(25,26)22-11-10-19-7-4-5-8-20(19)16-22/h2-11,16H,12-15,17H2,1H3. The lowest BCUT2D eigenvalue weighted by Crippen LogP contribution is -2.48. The molecule has 5 heteroatoms. The van der Waals surface area contributed by atoms with Crippen LogP contribution in [0.4, 0.5) is 0 Å². The predicted octanol–water partition coefficient (Wildman–Crippen LogP) is 3.65. The number of aryl methyl sites for hydroxylation is 1. The van der Waals surface area contributed by atoms with Gasteiger partial charge < -0.3 is 0 Å². The molecule has 0 spiro atoms. The summed E-state index contributed by atoms with van der Waals surface area (Å²) in [6.45, 7) is 5.55. The highest BCUT2D eigenvalue weighted by molar-refractivity contribution is 7.89. The molecular formula is C22H24N2O2S. The number of rotatable bonds is 4. The maximum atomic E-state index is 13.1. The predicted molar refractivity (Wildman–Crippen MR) is 109 cm³/mol. The van der Waals surface area contributed by atoms with Gasteiger partial charge in [-0.2, -0.15) is 4.31 Å². The molecule has 3 aromatic carbocycles. The summed E-state index contributed by atoms with van der Waals surface area (Å²) < 4.78 is 27.7. The fourth-order valence-electron chi connectivity index (χ4n) is 3.63. The van der Waals surface area contributed by atoms with Crippen LogP contribution in [0.15, 0.2) is 71.6 Å². The van der Waals surface area contributed by atoms with Crippen LogP contribution in [0, 0.1) is 6.92 Å². The molecule has 0 atom stereocenters. The van der Waals surface area contributed by atoms with Gasteiger partial charge in [-0.1, -0.05) is 54.6 Å². The molecule has 4 nitrogen and oxygen atoms in total. The Kier molecular flexibility index (Phi) is 5.00. The summed E-state index contributed by atoms with van der Waals surface area (Å²) in [5.74, 6) is 0. The number of benzene rings is 3. The highest BCUT2D eigenvalue weighted by atomic mass is 32.2. The molecule has 0 amide bonds. The summed E-state index contributed by atoms with van der Waals surface area (Å²) in [5.41, 5.74) is 2.59. The lowest BCUT2D eigenvalue weighted by Gasteiger charge is -2.34. The van der Waals surface area contributed by atoms with E-state index in [4.69, 9.17) is 0 Å². The number of fused-ring (bicyclic) bond motifs is 1. The van der Waals surface area contributed by atoms with Gasteiger partial charge in [0.05, 0.1) is 4.90 Å². The molecule has 1 heterocycles. The monoisotopic (exact) mass is 380 g/mol. The van der Waals surface area contributed by atoms with Crippen molar-refractivity contribution in [1.29, 1.82) is 0 Å². The third-order valence-corrected chi connectivity index (χ3v) is 7.24. The van der Waals surface area contributed by atoms with E-state index >= 15 is 0 Å². The first-order valence-electron chi connectivity index (χ1n) is 9.30. The Morgan fingerprint density at radius 1 is 0.815 bits per heavy atom. The molecule has 0 bridgehead atoms. The van der Waals surface area contributed by atoms with E-state index in [9.17, 15) is 8.42 Å². The molecule has 1 fully saturated rings. The van der Waals surface area contributed by atoms with E-state index in [1.54, 1.807) is 16.4 Å². The molecule has 0 aliphatic carbocycles. The summed E-state index contributed by atoms with van der Waals surface area (Å²) in [4.78, 5) is 2.71. The number of hydrogen-bond donors (Lipinski definition) is 0. The average molecular weight is 381 g/mol. The number of sulfonamides is 1. The second kappa shape index (κ2) is 7.43. The molecule has 0 saturated carbocycles. The van der Waals surface area contributed by atoms with Crippen molar-refractivity contribution in [2.75, 3.05) is 26.2 Å². The van der Waals surface area contributed by atoms with E-state index in [1.165, 1.54) is 11.1 Å². The van der Waals surface area contributed by atoms with Gasteiger partial charge in [0, 0.05) is 32.7 Å². The lowest BCUT2D eigenvalue weighted by molar-refractivity contribution is 0.181. The molecule has 4 rings (SSSR count). The molecule has 0 unspecified atom stereocenters. The van der Waals surface area contributed by atoms with Crippen molar-refractivity contribution in [2.45, 2.75) is 18.4 Å². The molecule has 140 valence electrons. The van der Waals surface area contributed by atoms with E-state index in [0.29, 0.717) is 18.0 Å². The van der Waals surface area contributed by atoms with Crippen LogP contribution in [0.5, 0.6) is 0 Å². The van der Waals surface area contributed by atoms with Crippen LogP contribution < -0.4 is 0 Å². The molecule has 0 N–H and O–H groups in total. The molecule has 0 radical (unpaired) electrons. The van der Waals surface area contributed by atoms with Crippen molar-refractivity contribution in [3.05, 3.63) is 77.9 Å². The Morgan fingerprint density at radius 2 is 1.48 bits per heavy atom. The minimum atomic E-state index is -3.45. The highest BCUT2D eigenvalue weighted by Gasteiger charge is 2.28. The van der Waals surface area contributed by atoms with E-state index in [2.05, 4.69) is 30.0 Å². The molecule has 0 aromatic heterocycles. The van der Waals surface area contributed by atoms with Gasteiger partial charge in [0.1, 0.15) is 0 Å². The van der Waals surface area contributed by atoms with Gasteiger partial charge in [0.2, 0.25) is 10.0 Å². The van der Waals surface area contributed by atoms with E-state index in [-0.39, 0.29) is 0 Å². The van der Waals surface area contributed by atoms with Gasteiger partial charge in [-0.3, -0.25) is 4.90 Å². The number of hydrogen-bond acceptors (Lipinski definition) is 3. The second-order valence-corrected chi connectivity index (χ2v) is 9.05. The smallest absolute Gasteiger partial charge is 0.243 e. The van der Waals surface area contributed by atoms with Crippen molar-refractivity contribution in [2.24, 2.45) is 0 Å². The van der Waals surface area contributed by atoms with Crippen LogP contribution in [0.2, 0.25) is 0 Å². The Labute approximate surface area is 161 Å². The summed E-state index contributed by atoms with van der Waals surface area (Å²) in [6, 6.07) is 21.6. The first-order valence-corrected chi connectivity index (χ1v) is 10.7. The fraction of sp³-hybridized carbons (Fsp3) is 0.273. The van der Waals surface area contributed by atoms with Gasteiger partial charge >= 0.3 is 0 Å². The van der Waals surface area contributed by atoms with Crippen molar-refractivity contribution in [3.8, 4) is 0 Å². The van der Waals surface area contributed by atoms with E-state index in [1.807, 2.05) is 36.4 Å². The van der Waals surface area contributed by atoms with Gasteiger partial charge in [-0.05, 0) is 41.0 Å². The summed E-state index contributed by atoms with van der Waals surface area (Å²) in [7, 11) is -3.45. The van der Waals surface area contributed by atoms with E-state index in [0.717, 1.165) is 30.4 Å². The van der Waals surface area contributed by atoms with Crippen LogP contribution in [0.25, 0.3) is 10.8 Å². The fourth-order valence-corrected chi connectivity index (χ4v) is 5.09. The zero-order valence-corrected chi connectivity index (χ0v) is 16.3. The van der Waals surface area contributed by atoms with E-state index < -0.39 is 10.0 Å². The van der Waals surface area contributed by atoms with Crippen LogP contribution >= 0.6 is 0 Å². The minimum absolute atomic E-state index is 0.383. The topological polar surface area (TPSA) is 40.6 Å². The normalized spacial score (nSPS) is 16.6. The van der Waals surface area contributed by atoms with Crippen molar-refractivity contribution in [1.82, 2.24) is 9.21 Å². The van der Waals surface area contributed by atoms with Crippen LogP contribution in [-0.2, 0) is 16.6 Å². The quantitative estimate of drug-likeness (QED) is 0.694. The Morgan fingerprint density at radius 3 is 2.22 bits per heavy atom.